The maximum absolute atomic E-state index is 13.0. The standard InChI is InChI=1S/C18H17N5O3/c1-25-9-12-4-2-5-14(22-12)13-8-23(11-19)17(24)18(13)10-21-15-6-3-7-20-16(15)26-18/h2-7,13,21H,8-10H2,1H3/t13?,18-/m0/s1. The molecule has 4 heterocycles. The van der Waals surface area contributed by atoms with E-state index >= 15 is 0 Å². The number of amides is 1. The van der Waals surface area contributed by atoms with Crippen LogP contribution in [0.25, 0.3) is 0 Å². The molecule has 0 radical (unpaired) electrons. The minimum atomic E-state index is -1.25. The Morgan fingerprint density at radius 2 is 2.35 bits per heavy atom. The molecule has 1 spiro atoms. The molecule has 8 nitrogen and oxygen atoms in total. The number of rotatable bonds is 3. The van der Waals surface area contributed by atoms with Gasteiger partial charge in [0.05, 0.1) is 36.1 Å². The molecule has 0 aromatic carbocycles. The Bertz CT molecular complexity index is 896. The quantitative estimate of drug-likeness (QED) is 0.831. The summed E-state index contributed by atoms with van der Waals surface area (Å²) in [4.78, 5) is 22.9. The van der Waals surface area contributed by atoms with Gasteiger partial charge in [0.15, 0.2) is 6.19 Å². The molecule has 1 fully saturated rings. The van der Waals surface area contributed by atoms with Crippen molar-refractivity contribution in [3.05, 3.63) is 47.9 Å². The monoisotopic (exact) mass is 351 g/mol. The molecule has 132 valence electrons. The van der Waals surface area contributed by atoms with Gasteiger partial charge in [-0.3, -0.25) is 9.78 Å². The fourth-order valence-corrected chi connectivity index (χ4v) is 3.48. The molecule has 0 aliphatic carbocycles. The molecule has 26 heavy (non-hydrogen) atoms. The fourth-order valence-electron chi connectivity index (χ4n) is 3.48. The van der Waals surface area contributed by atoms with Crippen LogP contribution in [0.2, 0.25) is 0 Å². The Morgan fingerprint density at radius 3 is 3.15 bits per heavy atom. The van der Waals surface area contributed by atoms with E-state index in [1.807, 2.05) is 30.5 Å². The predicted molar refractivity (Wildman–Crippen MR) is 91.1 cm³/mol. The van der Waals surface area contributed by atoms with E-state index in [0.29, 0.717) is 18.2 Å². The number of anilines is 1. The van der Waals surface area contributed by atoms with Crippen LogP contribution >= 0.6 is 0 Å². The highest BCUT2D eigenvalue weighted by molar-refractivity contribution is 5.92. The van der Waals surface area contributed by atoms with Gasteiger partial charge in [-0.2, -0.15) is 5.26 Å². The first-order chi connectivity index (χ1) is 12.7. The van der Waals surface area contributed by atoms with Gasteiger partial charge in [-0.05, 0) is 24.3 Å². The van der Waals surface area contributed by atoms with Gasteiger partial charge >= 0.3 is 0 Å². The molecular weight excluding hydrogens is 334 g/mol. The van der Waals surface area contributed by atoms with Gasteiger partial charge < -0.3 is 14.8 Å². The third kappa shape index (κ3) is 2.45. The summed E-state index contributed by atoms with van der Waals surface area (Å²) in [6, 6.07) is 9.19. The molecule has 0 bridgehead atoms. The number of nitrogens with zero attached hydrogens (tertiary/aromatic N) is 4. The summed E-state index contributed by atoms with van der Waals surface area (Å²) in [5.41, 5.74) is 0.911. The summed E-state index contributed by atoms with van der Waals surface area (Å²) >= 11 is 0. The van der Waals surface area contributed by atoms with Crippen LogP contribution in [0.5, 0.6) is 5.88 Å². The van der Waals surface area contributed by atoms with Crippen LogP contribution in [0.4, 0.5) is 5.69 Å². The lowest BCUT2D eigenvalue weighted by Crippen LogP contribution is -2.55. The molecule has 1 saturated heterocycles. The largest absolute Gasteiger partial charge is 0.457 e. The molecule has 8 heteroatoms. The zero-order valence-electron chi connectivity index (χ0n) is 14.2. The van der Waals surface area contributed by atoms with Crippen molar-refractivity contribution in [2.45, 2.75) is 18.1 Å². The Labute approximate surface area is 150 Å². The molecule has 1 unspecified atom stereocenters. The summed E-state index contributed by atoms with van der Waals surface area (Å²) in [7, 11) is 1.60. The van der Waals surface area contributed by atoms with Crippen LogP contribution in [-0.4, -0.2) is 46.6 Å². The van der Waals surface area contributed by atoms with Crippen LogP contribution in [0, 0.1) is 11.5 Å². The molecule has 1 amide bonds. The van der Waals surface area contributed by atoms with Gasteiger partial charge in [-0.15, -0.1) is 0 Å². The summed E-state index contributed by atoms with van der Waals surface area (Å²) in [5, 5.41) is 12.6. The number of fused-ring (bicyclic) bond motifs is 1. The van der Waals surface area contributed by atoms with Crippen LogP contribution in [0.1, 0.15) is 17.3 Å². The first-order valence-electron chi connectivity index (χ1n) is 8.22. The number of aromatic nitrogens is 2. The van der Waals surface area contributed by atoms with Gasteiger partial charge in [-0.1, -0.05) is 6.07 Å². The van der Waals surface area contributed by atoms with Crippen LogP contribution in [-0.2, 0) is 16.1 Å². The minimum absolute atomic E-state index is 0.211. The van der Waals surface area contributed by atoms with Crippen molar-refractivity contribution in [2.24, 2.45) is 0 Å². The average Bonchev–Trinajstić information content (AvgIpc) is 2.94. The molecule has 1 N–H and O–H groups in total. The van der Waals surface area contributed by atoms with Crippen molar-refractivity contribution in [3.63, 3.8) is 0 Å². The molecule has 0 saturated carbocycles. The van der Waals surface area contributed by atoms with Crippen molar-refractivity contribution in [1.82, 2.24) is 14.9 Å². The third-order valence-electron chi connectivity index (χ3n) is 4.72. The number of carbonyl (C=O) groups excluding carboxylic acids is 1. The highest BCUT2D eigenvalue weighted by Gasteiger charge is 2.59. The lowest BCUT2D eigenvalue weighted by atomic mass is 9.85. The molecule has 2 aliphatic heterocycles. The molecular formula is C18H17N5O3. The summed E-state index contributed by atoms with van der Waals surface area (Å²) in [6.45, 7) is 0.819. The van der Waals surface area contributed by atoms with E-state index in [9.17, 15) is 10.1 Å². The van der Waals surface area contributed by atoms with Crippen molar-refractivity contribution in [3.8, 4) is 12.1 Å². The first-order valence-corrected chi connectivity index (χ1v) is 8.22. The van der Waals surface area contributed by atoms with Crippen LogP contribution in [0.3, 0.4) is 0 Å². The number of carbonyl (C=O) groups is 1. The minimum Gasteiger partial charge on any atom is -0.457 e. The number of nitriles is 1. The smallest absolute Gasteiger partial charge is 0.282 e. The van der Waals surface area contributed by atoms with Gasteiger partial charge in [0.1, 0.15) is 0 Å². The van der Waals surface area contributed by atoms with Gasteiger partial charge in [0, 0.05) is 19.9 Å². The maximum atomic E-state index is 13.0. The van der Waals surface area contributed by atoms with Crippen molar-refractivity contribution < 1.29 is 14.3 Å². The third-order valence-corrected chi connectivity index (χ3v) is 4.72. The van der Waals surface area contributed by atoms with E-state index in [1.165, 1.54) is 0 Å². The van der Waals surface area contributed by atoms with Crippen LogP contribution < -0.4 is 10.1 Å². The predicted octanol–water partition coefficient (Wildman–Crippen LogP) is 1.27. The summed E-state index contributed by atoms with van der Waals surface area (Å²) in [6.07, 6.45) is 3.56. The SMILES string of the molecule is COCc1cccc(C2CN(C#N)C(=O)[C@]23CNc2cccnc2O3)n1. The molecule has 2 aromatic rings. The lowest BCUT2D eigenvalue weighted by Gasteiger charge is -2.37. The molecule has 2 aromatic heterocycles. The van der Waals surface area contributed by atoms with E-state index in [0.717, 1.165) is 16.3 Å². The topological polar surface area (TPSA) is 100 Å². The molecule has 4 rings (SSSR count). The van der Waals surface area contributed by atoms with Crippen molar-refractivity contribution >= 4 is 11.6 Å². The zero-order valence-corrected chi connectivity index (χ0v) is 14.2. The number of ether oxygens (including phenoxy) is 2. The number of nitrogens with one attached hydrogen (secondary N) is 1. The van der Waals surface area contributed by atoms with E-state index < -0.39 is 11.5 Å². The second-order valence-electron chi connectivity index (χ2n) is 6.26. The number of hydrogen-bond donors (Lipinski definition) is 1. The lowest BCUT2D eigenvalue weighted by molar-refractivity contribution is -0.138. The van der Waals surface area contributed by atoms with Gasteiger partial charge in [0.25, 0.3) is 5.91 Å². The van der Waals surface area contributed by atoms with Crippen molar-refractivity contribution in [2.75, 3.05) is 25.5 Å². The second kappa shape index (κ2) is 6.28. The van der Waals surface area contributed by atoms with Gasteiger partial charge in [-0.25, -0.2) is 9.88 Å². The van der Waals surface area contributed by atoms with Gasteiger partial charge in [0.2, 0.25) is 11.5 Å². The number of methoxy groups -OCH3 is 1. The van der Waals surface area contributed by atoms with E-state index in [4.69, 9.17) is 9.47 Å². The average molecular weight is 351 g/mol. The number of pyridine rings is 2. The number of hydrogen-bond acceptors (Lipinski definition) is 7. The molecule has 2 atom stereocenters. The Balaban J connectivity index is 1.77. The normalized spacial score (nSPS) is 23.9. The Morgan fingerprint density at radius 1 is 1.46 bits per heavy atom. The second-order valence-corrected chi connectivity index (χ2v) is 6.26. The highest BCUT2D eigenvalue weighted by Crippen LogP contribution is 2.43. The van der Waals surface area contributed by atoms with E-state index in [2.05, 4.69) is 15.3 Å². The summed E-state index contributed by atoms with van der Waals surface area (Å²) < 4.78 is 11.3. The number of likely N-dealkylation sites (tertiary alicyclic amines) is 1. The fraction of sp³-hybridized carbons (Fsp3) is 0.333. The highest BCUT2D eigenvalue weighted by atomic mass is 16.5. The maximum Gasteiger partial charge on any atom is 0.282 e. The van der Waals surface area contributed by atoms with Crippen LogP contribution in [0.15, 0.2) is 36.5 Å². The Hall–Kier alpha value is -3.18. The van der Waals surface area contributed by atoms with Crippen molar-refractivity contribution in [1.29, 1.82) is 5.26 Å². The molecule has 2 aliphatic rings. The first kappa shape index (κ1) is 16.3. The van der Waals surface area contributed by atoms with E-state index in [-0.39, 0.29) is 19.0 Å². The zero-order chi connectivity index (χ0) is 18.1. The Kier molecular flexibility index (Phi) is 3.93. The summed E-state index contributed by atoms with van der Waals surface area (Å²) in [5.74, 6) is -0.438. The van der Waals surface area contributed by atoms with E-state index in [1.54, 1.807) is 19.4 Å².